The second kappa shape index (κ2) is 9.54. The minimum absolute atomic E-state index is 0.549. The van der Waals surface area contributed by atoms with E-state index in [9.17, 15) is 0 Å². The predicted molar refractivity (Wildman–Crippen MR) is 152 cm³/mol. The van der Waals surface area contributed by atoms with E-state index in [1.807, 2.05) is 31.6 Å². The molecule has 0 saturated heterocycles. The summed E-state index contributed by atoms with van der Waals surface area (Å²) in [4.78, 5) is 12.7. The Balaban J connectivity index is 1.36. The van der Waals surface area contributed by atoms with Gasteiger partial charge in [0.15, 0.2) is 0 Å². The summed E-state index contributed by atoms with van der Waals surface area (Å²) in [6.45, 7) is 10.3. The fourth-order valence-corrected chi connectivity index (χ4v) is 5.01. The smallest absolute Gasteiger partial charge is 0.116 e. The standard InChI is InChI=1S/C31H30N6/c1-4-20(13-23(5-2)34-19(3)21-11-8-12-21)27-15-25-30(18-33-27)36-37-31(25)28-14-24-26(22-9-6-7-10-22)16-32-17-29(24)35-28/h4-6,9-10,13-18,21,34-35H,2-3,7-8,11-12H2,1H3,(H,36,37)/b20-4+,23-13+. The van der Waals surface area contributed by atoms with Crippen molar-refractivity contribution >= 4 is 33.0 Å². The van der Waals surface area contributed by atoms with Gasteiger partial charge in [0.2, 0.25) is 0 Å². The zero-order chi connectivity index (χ0) is 25.4. The fraction of sp³-hybridized carbons (Fsp3) is 0.194. The van der Waals surface area contributed by atoms with Crippen LogP contribution in [0.4, 0.5) is 0 Å². The largest absolute Gasteiger partial charge is 0.359 e. The van der Waals surface area contributed by atoms with Crippen molar-refractivity contribution in [3.63, 3.8) is 0 Å². The first-order valence-corrected chi connectivity index (χ1v) is 12.8. The van der Waals surface area contributed by atoms with Gasteiger partial charge in [-0.2, -0.15) is 5.10 Å². The van der Waals surface area contributed by atoms with E-state index in [0.717, 1.165) is 67.8 Å². The minimum atomic E-state index is 0.549. The fourth-order valence-electron chi connectivity index (χ4n) is 5.01. The molecule has 4 aromatic rings. The summed E-state index contributed by atoms with van der Waals surface area (Å²) in [5.74, 6) is 0.549. The van der Waals surface area contributed by atoms with Gasteiger partial charge in [-0.3, -0.25) is 15.1 Å². The number of pyridine rings is 2. The molecule has 3 N–H and O–H groups in total. The maximum absolute atomic E-state index is 4.72. The van der Waals surface area contributed by atoms with Crippen molar-refractivity contribution in [1.29, 1.82) is 0 Å². The Hall–Kier alpha value is -4.45. The van der Waals surface area contributed by atoms with E-state index >= 15 is 0 Å². The lowest BCUT2D eigenvalue weighted by Gasteiger charge is -2.28. The second-order valence-electron chi connectivity index (χ2n) is 9.64. The van der Waals surface area contributed by atoms with Gasteiger partial charge in [0.25, 0.3) is 0 Å². The van der Waals surface area contributed by atoms with E-state index < -0.39 is 0 Å². The van der Waals surface area contributed by atoms with Gasteiger partial charge >= 0.3 is 0 Å². The van der Waals surface area contributed by atoms with Crippen LogP contribution in [0.1, 0.15) is 43.9 Å². The number of allylic oxidation sites excluding steroid dienone is 9. The third-order valence-electron chi connectivity index (χ3n) is 7.37. The Kier molecular flexibility index (Phi) is 5.93. The average Bonchev–Trinajstić information content (AvgIpc) is 3.64. The highest BCUT2D eigenvalue weighted by Crippen LogP contribution is 2.34. The lowest BCUT2D eigenvalue weighted by Crippen LogP contribution is -2.23. The number of rotatable bonds is 8. The normalized spacial score (nSPS) is 16.3. The molecule has 37 heavy (non-hydrogen) atoms. The number of aromatic amines is 2. The molecule has 1 fully saturated rings. The Morgan fingerprint density at radius 1 is 1.14 bits per heavy atom. The van der Waals surface area contributed by atoms with Crippen LogP contribution in [0, 0.1) is 5.92 Å². The molecule has 0 aliphatic heterocycles. The third kappa shape index (κ3) is 4.25. The summed E-state index contributed by atoms with van der Waals surface area (Å²) in [7, 11) is 0. The molecule has 0 bridgehead atoms. The molecular weight excluding hydrogens is 456 g/mol. The van der Waals surface area contributed by atoms with E-state index in [0.29, 0.717) is 5.92 Å². The highest BCUT2D eigenvalue weighted by Gasteiger charge is 2.21. The van der Waals surface area contributed by atoms with Crippen molar-refractivity contribution in [2.75, 3.05) is 0 Å². The van der Waals surface area contributed by atoms with Crippen LogP contribution in [0.2, 0.25) is 0 Å². The van der Waals surface area contributed by atoms with Crippen LogP contribution in [0.3, 0.4) is 0 Å². The lowest BCUT2D eigenvalue weighted by molar-refractivity contribution is 0.356. The van der Waals surface area contributed by atoms with Crippen LogP contribution in [-0.2, 0) is 0 Å². The molecule has 0 unspecified atom stereocenters. The van der Waals surface area contributed by atoms with Crippen LogP contribution in [0.15, 0.2) is 91.7 Å². The number of aromatic nitrogens is 5. The van der Waals surface area contributed by atoms with Crippen LogP contribution in [0.25, 0.3) is 44.3 Å². The molecule has 0 atom stereocenters. The van der Waals surface area contributed by atoms with Gasteiger partial charge in [0.1, 0.15) is 5.69 Å². The van der Waals surface area contributed by atoms with Gasteiger partial charge < -0.3 is 10.3 Å². The Morgan fingerprint density at radius 3 is 2.76 bits per heavy atom. The zero-order valence-corrected chi connectivity index (χ0v) is 21.0. The number of hydrogen-bond acceptors (Lipinski definition) is 4. The van der Waals surface area contributed by atoms with E-state index in [1.54, 1.807) is 0 Å². The second-order valence-corrected chi connectivity index (χ2v) is 9.64. The van der Waals surface area contributed by atoms with E-state index in [-0.39, 0.29) is 0 Å². The number of H-pyrrole nitrogens is 2. The van der Waals surface area contributed by atoms with Gasteiger partial charge in [-0.15, -0.1) is 0 Å². The van der Waals surface area contributed by atoms with Gasteiger partial charge in [-0.25, -0.2) is 0 Å². The molecule has 6 heteroatoms. The van der Waals surface area contributed by atoms with E-state index in [1.165, 1.54) is 24.8 Å². The number of fused-ring (bicyclic) bond motifs is 2. The zero-order valence-electron chi connectivity index (χ0n) is 21.0. The average molecular weight is 487 g/mol. The summed E-state index contributed by atoms with van der Waals surface area (Å²) >= 11 is 0. The van der Waals surface area contributed by atoms with Gasteiger partial charge in [0.05, 0.1) is 34.8 Å². The predicted octanol–water partition coefficient (Wildman–Crippen LogP) is 7.22. The van der Waals surface area contributed by atoms with Crippen molar-refractivity contribution in [2.24, 2.45) is 5.92 Å². The SMILES string of the molecule is C=C/C(=C\C(=C/C)c1cc2c(-c3cc4c(C5=CCC=C5)cncc4[nH]3)n[nH]c2cn1)NC(=C)C1CCC1. The molecule has 2 aliphatic rings. The summed E-state index contributed by atoms with van der Waals surface area (Å²) in [5.41, 5.74) is 9.86. The van der Waals surface area contributed by atoms with Crippen LogP contribution < -0.4 is 5.32 Å². The summed E-state index contributed by atoms with van der Waals surface area (Å²) < 4.78 is 0. The Bertz CT molecular complexity index is 1650. The summed E-state index contributed by atoms with van der Waals surface area (Å²) in [6.07, 6.45) is 22.8. The van der Waals surface area contributed by atoms with Crippen molar-refractivity contribution < 1.29 is 0 Å². The van der Waals surface area contributed by atoms with Gasteiger partial charge in [-0.05, 0) is 67.5 Å². The quantitative estimate of drug-likeness (QED) is 0.230. The molecule has 4 heterocycles. The first kappa shape index (κ1) is 23.0. The topological polar surface area (TPSA) is 82.3 Å². The molecule has 0 amide bonds. The van der Waals surface area contributed by atoms with Crippen LogP contribution in [-0.4, -0.2) is 25.1 Å². The van der Waals surface area contributed by atoms with Crippen molar-refractivity contribution in [3.05, 3.63) is 103 Å². The Labute approximate surface area is 216 Å². The number of nitrogens with one attached hydrogen (secondary N) is 3. The third-order valence-corrected chi connectivity index (χ3v) is 7.37. The molecule has 0 radical (unpaired) electrons. The van der Waals surface area contributed by atoms with Crippen molar-refractivity contribution in [3.8, 4) is 11.4 Å². The van der Waals surface area contributed by atoms with Crippen LogP contribution >= 0.6 is 0 Å². The maximum atomic E-state index is 4.72. The molecular formula is C31H30N6. The van der Waals surface area contributed by atoms with Crippen molar-refractivity contribution in [1.82, 2.24) is 30.5 Å². The van der Waals surface area contributed by atoms with Gasteiger partial charge in [0, 0.05) is 33.9 Å². The number of nitrogens with zero attached hydrogens (tertiary/aromatic N) is 3. The minimum Gasteiger partial charge on any atom is -0.359 e. The molecule has 0 spiro atoms. The highest BCUT2D eigenvalue weighted by atomic mass is 15.1. The molecule has 4 aromatic heterocycles. The monoisotopic (exact) mass is 486 g/mol. The highest BCUT2D eigenvalue weighted by molar-refractivity contribution is 6.00. The first-order valence-electron chi connectivity index (χ1n) is 12.8. The first-order chi connectivity index (χ1) is 18.1. The number of hydrogen-bond donors (Lipinski definition) is 3. The Morgan fingerprint density at radius 2 is 2.03 bits per heavy atom. The lowest BCUT2D eigenvalue weighted by atomic mass is 9.83. The molecule has 6 nitrogen and oxygen atoms in total. The summed E-state index contributed by atoms with van der Waals surface area (Å²) in [6, 6.07) is 4.26. The van der Waals surface area contributed by atoms with Crippen molar-refractivity contribution in [2.45, 2.75) is 32.6 Å². The molecule has 184 valence electrons. The molecule has 1 saturated carbocycles. The molecule has 2 aliphatic carbocycles. The van der Waals surface area contributed by atoms with E-state index in [4.69, 9.17) is 4.98 Å². The summed E-state index contributed by atoms with van der Waals surface area (Å²) in [5, 5.41) is 13.4. The molecule has 0 aromatic carbocycles. The van der Waals surface area contributed by atoms with E-state index in [2.05, 4.69) is 81.2 Å². The molecule has 6 rings (SSSR count). The maximum Gasteiger partial charge on any atom is 0.116 e. The van der Waals surface area contributed by atoms with Gasteiger partial charge in [-0.1, -0.05) is 43.9 Å². The van der Waals surface area contributed by atoms with Crippen LogP contribution in [0.5, 0.6) is 0 Å².